The van der Waals surface area contributed by atoms with Gasteiger partial charge < -0.3 is 5.73 Å². The number of hydrogen-bond acceptors (Lipinski definition) is 3. The van der Waals surface area contributed by atoms with Gasteiger partial charge in [-0.2, -0.15) is 0 Å². The highest BCUT2D eigenvalue weighted by Crippen LogP contribution is 2.11. The summed E-state index contributed by atoms with van der Waals surface area (Å²) in [5, 5.41) is 2.50. The molecule has 0 unspecified atom stereocenters. The highest BCUT2D eigenvalue weighted by Gasteiger charge is 2.07. The van der Waals surface area contributed by atoms with Gasteiger partial charge in [0.1, 0.15) is 0 Å². The normalized spacial score (nSPS) is 10.7. The molecule has 0 bridgehead atoms. The third-order valence-electron chi connectivity index (χ3n) is 4.86. The Morgan fingerprint density at radius 2 is 0.889 bits per heavy atom. The first-order valence-corrected chi connectivity index (χ1v) is 11.2. The molecule has 0 aromatic rings. The van der Waals surface area contributed by atoms with Crippen LogP contribution in [0.4, 0.5) is 0 Å². The lowest BCUT2D eigenvalue weighted by atomic mass is 10.1. The third kappa shape index (κ3) is 20.8. The van der Waals surface area contributed by atoms with E-state index in [1.54, 1.807) is 0 Å². The summed E-state index contributed by atoms with van der Waals surface area (Å²) in [6.45, 7) is 2.23. The summed E-state index contributed by atoms with van der Waals surface area (Å²) >= 11 is 0. The zero-order chi connectivity index (χ0) is 20.2. The van der Waals surface area contributed by atoms with E-state index in [1.165, 1.54) is 44.9 Å². The van der Waals surface area contributed by atoms with Gasteiger partial charge in [0, 0.05) is 19.3 Å². The summed E-state index contributed by atoms with van der Waals surface area (Å²) in [4.78, 5) is 34.1. The first-order chi connectivity index (χ1) is 13.1. The topological polar surface area (TPSA) is 89.3 Å². The second kappa shape index (κ2) is 19.4. The fraction of sp³-hybridized carbons (Fsp3) is 0.864. The second-order valence-corrected chi connectivity index (χ2v) is 7.64. The molecule has 158 valence electrons. The van der Waals surface area contributed by atoms with Gasteiger partial charge in [0.15, 0.2) is 0 Å². The molecule has 0 aliphatic rings. The van der Waals surface area contributed by atoms with Crippen molar-refractivity contribution in [3.63, 3.8) is 0 Å². The van der Waals surface area contributed by atoms with Crippen molar-refractivity contribution in [1.82, 2.24) is 5.32 Å². The van der Waals surface area contributed by atoms with Crippen molar-refractivity contribution in [1.29, 1.82) is 0 Å². The number of hydrogen-bond donors (Lipinski definition) is 2. The molecule has 27 heavy (non-hydrogen) atoms. The molecule has 0 aromatic heterocycles. The molecule has 0 fully saturated rings. The molecule has 0 heterocycles. The van der Waals surface area contributed by atoms with Crippen LogP contribution in [0.15, 0.2) is 0 Å². The minimum absolute atomic E-state index is 0.130. The summed E-state index contributed by atoms with van der Waals surface area (Å²) in [6, 6.07) is 0. The number of carbonyl (C=O) groups is 3. The molecule has 0 radical (unpaired) electrons. The highest BCUT2D eigenvalue weighted by molar-refractivity contribution is 5.95. The third-order valence-corrected chi connectivity index (χ3v) is 4.86. The van der Waals surface area contributed by atoms with Gasteiger partial charge in [-0.3, -0.25) is 19.7 Å². The van der Waals surface area contributed by atoms with Crippen LogP contribution in [0.25, 0.3) is 0 Å². The Labute approximate surface area is 166 Å². The van der Waals surface area contributed by atoms with E-state index in [0.717, 1.165) is 51.4 Å². The Kier molecular flexibility index (Phi) is 18.4. The van der Waals surface area contributed by atoms with Crippen LogP contribution in [0.1, 0.15) is 122 Å². The summed E-state index contributed by atoms with van der Waals surface area (Å²) in [6.07, 6.45) is 18.1. The predicted molar refractivity (Wildman–Crippen MR) is 111 cm³/mol. The lowest BCUT2D eigenvalue weighted by Gasteiger charge is -2.05. The quantitative estimate of drug-likeness (QED) is 0.302. The van der Waals surface area contributed by atoms with Crippen LogP contribution in [0.5, 0.6) is 0 Å². The SMILES string of the molecule is CCCCCCCCCCCC(=O)NC(=O)CCCCCCCCC(N)=O. The molecule has 0 spiro atoms. The van der Waals surface area contributed by atoms with E-state index in [2.05, 4.69) is 12.2 Å². The van der Waals surface area contributed by atoms with E-state index in [-0.39, 0.29) is 17.7 Å². The van der Waals surface area contributed by atoms with E-state index in [4.69, 9.17) is 5.73 Å². The molecule has 5 nitrogen and oxygen atoms in total. The Bertz CT molecular complexity index is 397. The molecule has 0 rings (SSSR count). The van der Waals surface area contributed by atoms with E-state index >= 15 is 0 Å². The molecule has 0 aliphatic carbocycles. The standard InChI is InChI=1S/C22H42N2O3/c1-2-3-4-5-6-7-8-12-15-18-21(26)24-22(27)19-16-13-10-9-11-14-17-20(23)25/h2-19H2,1H3,(H2,23,25)(H,24,26,27). The number of amides is 3. The fourth-order valence-corrected chi connectivity index (χ4v) is 3.17. The largest absolute Gasteiger partial charge is 0.370 e. The Hall–Kier alpha value is -1.39. The summed E-state index contributed by atoms with van der Waals surface area (Å²) < 4.78 is 0. The van der Waals surface area contributed by atoms with Crippen molar-refractivity contribution in [2.75, 3.05) is 0 Å². The molecular weight excluding hydrogens is 340 g/mol. The van der Waals surface area contributed by atoms with Crippen molar-refractivity contribution in [2.45, 2.75) is 122 Å². The number of carbonyl (C=O) groups excluding carboxylic acids is 3. The van der Waals surface area contributed by atoms with Gasteiger partial charge in [-0.15, -0.1) is 0 Å². The van der Waals surface area contributed by atoms with Crippen LogP contribution in [0.2, 0.25) is 0 Å². The van der Waals surface area contributed by atoms with Crippen molar-refractivity contribution in [3.05, 3.63) is 0 Å². The summed E-state index contributed by atoms with van der Waals surface area (Å²) in [7, 11) is 0. The maximum Gasteiger partial charge on any atom is 0.226 e. The zero-order valence-electron chi connectivity index (χ0n) is 17.5. The number of imide groups is 1. The van der Waals surface area contributed by atoms with Gasteiger partial charge in [0.2, 0.25) is 17.7 Å². The van der Waals surface area contributed by atoms with Crippen LogP contribution in [-0.4, -0.2) is 17.7 Å². The lowest BCUT2D eigenvalue weighted by Crippen LogP contribution is -2.29. The Morgan fingerprint density at radius 3 is 1.26 bits per heavy atom. The van der Waals surface area contributed by atoms with Gasteiger partial charge in [-0.05, 0) is 19.3 Å². The minimum atomic E-state index is -0.237. The van der Waals surface area contributed by atoms with Gasteiger partial charge in [0.05, 0.1) is 0 Å². The molecule has 0 saturated carbocycles. The number of unbranched alkanes of at least 4 members (excludes halogenated alkanes) is 13. The van der Waals surface area contributed by atoms with Gasteiger partial charge in [-0.1, -0.05) is 84.0 Å². The molecular formula is C22H42N2O3. The van der Waals surface area contributed by atoms with Crippen molar-refractivity contribution in [2.24, 2.45) is 5.73 Å². The summed E-state index contributed by atoms with van der Waals surface area (Å²) in [5.74, 6) is -0.516. The first kappa shape index (κ1) is 25.6. The molecule has 0 aromatic carbocycles. The van der Waals surface area contributed by atoms with Crippen LogP contribution in [-0.2, 0) is 14.4 Å². The van der Waals surface area contributed by atoms with E-state index < -0.39 is 0 Å². The first-order valence-electron chi connectivity index (χ1n) is 11.2. The Balaban J connectivity index is 3.36. The van der Waals surface area contributed by atoms with Crippen molar-refractivity contribution >= 4 is 17.7 Å². The second-order valence-electron chi connectivity index (χ2n) is 7.64. The predicted octanol–water partition coefficient (Wildman–Crippen LogP) is 5.16. The summed E-state index contributed by atoms with van der Waals surface area (Å²) in [5.41, 5.74) is 5.09. The van der Waals surface area contributed by atoms with Gasteiger partial charge in [-0.25, -0.2) is 0 Å². The minimum Gasteiger partial charge on any atom is -0.370 e. The number of primary amides is 1. The van der Waals surface area contributed by atoms with Crippen LogP contribution >= 0.6 is 0 Å². The Morgan fingerprint density at radius 1 is 0.556 bits per heavy atom. The van der Waals surface area contributed by atoms with E-state index in [1.807, 2.05) is 0 Å². The number of nitrogens with one attached hydrogen (secondary N) is 1. The molecule has 3 amide bonds. The average molecular weight is 383 g/mol. The monoisotopic (exact) mass is 382 g/mol. The molecule has 0 aliphatic heterocycles. The molecule has 3 N–H and O–H groups in total. The van der Waals surface area contributed by atoms with Gasteiger partial charge in [0.25, 0.3) is 0 Å². The highest BCUT2D eigenvalue weighted by atomic mass is 16.2. The van der Waals surface area contributed by atoms with Crippen molar-refractivity contribution < 1.29 is 14.4 Å². The molecule has 0 saturated heterocycles. The van der Waals surface area contributed by atoms with Gasteiger partial charge >= 0.3 is 0 Å². The fourth-order valence-electron chi connectivity index (χ4n) is 3.17. The van der Waals surface area contributed by atoms with Crippen LogP contribution in [0.3, 0.4) is 0 Å². The van der Waals surface area contributed by atoms with Crippen molar-refractivity contribution in [3.8, 4) is 0 Å². The van der Waals surface area contributed by atoms with E-state index in [9.17, 15) is 14.4 Å². The maximum atomic E-state index is 11.8. The lowest BCUT2D eigenvalue weighted by molar-refractivity contribution is -0.130. The molecule has 5 heteroatoms. The number of nitrogens with two attached hydrogens (primary N) is 1. The number of rotatable bonds is 19. The zero-order valence-corrected chi connectivity index (χ0v) is 17.5. The van der Waals surface area contributed by atoms with E-state index in [0.29, 0.717) is 19.3 Å². The smallest absolute Gasteiger partial charge is 0.226 e. The maximum absolute atomic E-state index is 11.8. The van der Waals surface area contributed by atoms with Crippen LogP contribution < -0.4 is 11.1 Å². The average Bonchev–Trinajstić information content (AvgIpc) is 2.62. The molecule has 0 atom stereocenters. The van der Waals surface area contributed by atoms with Crippen LogP contribution in [0, 0.1) is 0 Å².